The lowest BCUT2D eigenvalue weighted by molar-refractivity contribution is 0.590. The Bertz CT molecular complexity index is 3150. The van der Waals surface area contributed by atoms with Crippen molar-refractivity contribution in [2.75, 3.05) is 0 Å². The maximum Gasteiger partial charge on any atom is 0.164 e. The molecule has 1 unspecified atom stereocenters. The molecule has 0 radical (unpaired) electrons. The average molecular weight is 812 g/mol. The summed E-state index contributed by atoms with van der Waals surface area (Å²) in [5, 5.41) is 0. The number of aromatic nitrogens is 3. The van der Waals surface area contributed by atoms with Crippen molar-refractivity contribution in [2.24, 2.45) is 0 Å². The normalized spacial score (nSPS) is 14.9. The summed E-state index contributed by atoms with van der Waals surface area (Å²) in [4.78, 5) is 15.9. The van der Waals surface area contributed by atoms with Crippen LogP contribution in [0.5, 0.6) is 0 Å². The second kappa shape index (κ2) is 14.4. The summed E-state index contributed by atoms with van der Waals surface area (Å²) in [6, 6.07) is 68.9. The maximum atomic E-state index is 5.39. The van der Waals surface area contributed by atoms with Crippen molar-refractivity contribution in [1.29, 1.82) is 0 Å². The minimum absolute atomic E-state index is 0.0297. The molecule has 0 amide bonds. The van der Waals surface area contributed by atoms with E-state index in [0.717, 1.165) is 33.4 Å². The molecular weight excluding hydrogens is 763 g/mol. The summed E-state index contributed by atoms with van der Waals surface area (Å²) in [5.74, 6) is 1.94. The summed E-state index contributed by atoms with van der Waals surface area (Å²) in [6.07, 6.45) is 0. The van der Waals surface area contributed by atoms with Crippen molar-refractivity contribution in [3.05, 3.63) is 221 Å². The van der Waals surface area contributed by atoms with Gasteiger partial charge in [-0.3, -0.25) is 0 Å². The number of rotatable bonds is 5. The third-order valence-corrected chi connectivity index (χ3v) is 13.3. The van der Waals surface area contributed by atoms with Crippen molar-refractivity contribution in [1.82, 2.24) is 15.0 Å². The Morgan fingerprint density at radius 2 is 0.730 bits per heavy atom. The van der Waals surface area contributed by atoms with E-state index in [2.05, 4.69) is 193 Å². The van der Waals surface area contributed by atoms with Gasteiger partial charge in [0.15, 0.2) is 17.5 Å². The zero-order chi connectivity index (χ0) is 43.1. The molecule has 304 valence electrons. The molecule has 0 fully saturated rings. The molecule has 0 aliphatic heterocycles. The highest BCUT2D eigenvalue weighted by Crippen LogP contribution is 2.65. The van der Waals surface area contributed by atoms with Crippen molar-refractivity contribution >= 4 is 0 Å². The molecular formula is C60H49N3. The SMILES string of the molecule is CC(C)(C)c1ccc(-c2ccc3c(c2)C2(c4ccccc4-3)c3ccccc3-c3c(-c4nc(-c5ccccc5)nc(-c5ccccc5)n4)cc(-c4ccc(C(C)(C)C)cc4)cc32)cc1. The van der Waals surface area contributed by atoms with Gasteiger partial charge in [0, 0.05) is 16.7 Å². The summed E-state index contributed by atoms with van der Waals surface area (Å²) in [7, 11) is 0. The average Bonchev–Trinajstić information content (AvgIpc) is 3.78. The molecule has 0 saturated heterocycles. The van der Waals surface area contributed by atoms with E-state index in [1.165, 1.54) is 61.2 Å². The van der Waals surface area contributed by atoms with Gasteiger partial charge in [0.2, 0.25) is 0 Å². The molecule has 0 bridgehead atoms. The predicted octanol–water partition coefficient (Wildman–Crippen LogP) is 15.1. The number of benzene rings is 8. The monoisotopic (exact) mass is 811 g/mol. The molecule has 1 atom stereocenters. The maximum absolute atomic E-state index is 5.39. The Labute approximate surface area is 371 Å². The minimum atomic E-state index is -0.604. The summed E-state index contributed by atoms with van der Waals surface area (Å²) in [5.41, 5.74) is 19.7. The van der Waals surface area contributed by atoms with Crippen LogP contribution in [-0.4, -0.2) is 15.0 Å². The largest absolute Gasteiger partial charge is 0.208 e. The first-order valence-electron chi connectivity index (χ1n) is 22.1. The Morgan fingerprint density at radius 3 is 1.29 bits per heavy atom. The smallest absolute Gasteiger partial charge is 0.164 e. The minimum Gasteiger partial charge on any atom is -0.208 e. The van der Waals surface area contributed by atoms with Crippen molar-refractivity contribution in [3.8, 4) is 78.7 Å². The molecule has 3 nitrogen and oxygen atoms in total. The molecule has 0 N–H and O–H groups in total. The molecule has 1 spiro atoms. The van der Waals surface area contributed by atoms with Crippen molar-refractivity contribution < 1.29 is 0 Å². The number of hydrogen-bond acceptors (Lipinski definition) is 3. The van der Waals surface area contributed by atoms with E-state index in [1.54, 1.807) is 0 Å². The Balaban J connectivity index is 1.23. The number of fused-ring (bicyclic) bond motifs is 10. The van der Waals surface area contributed by atoms with Crippen molar-refractivity contribution in [2.45, 2.75) is 57.8 Å². The fourth-order valence-corrected chi connectivity index (χ4v) is 10.0. The molecule has 63 heavy (non-hydrogen) atoms. The molecule has 2 aliphatic carbocycles. The fraction of sp³-hybridized carbons (Fsp3) is 0.150. The highest BCUT2D eigenvalue weighted by Gasteiger charge is 2.52. The van der Waals surface area contributed by atoms with Gasteiger partial charge in [0.25, 0.3) is 0 Å². The van der Waals surface area contributed by atoms with Crippen LogP contribution >= 0.6 is 0 Å². The molecule has 9 aromatic rings. The van der Waals surface area contributed by atoms with Gasteiger partial charge in [-0.25, -0.2) is 15.0 Å². The molecule has 3 heteroatoms. The second-order valence-corrected chi connectivity index (χ2v) is 19.2. The van der Waals surface area contributed by atoms with Gasteiger partial charge in [0.05, 0.1) is 5.41 Å². The first-order valence-corrected chi connectivity index (χ1v) is 22.1. The van der Waals surface area contributed by atoms with E-state index in [1.807, 2.05) is 36.4 Å². The summed E-state index contributed by atoms with van der Waals surface area (Å²) in [6.45, 7) is 13.6. The molecule has 2 aliphatic rings. The van der Waals surface area contributed by atoms with Gasteiger partial charge in [-0.1, -0.05) is 211 Å². The van der Waals surface area contributed by atoms with Gasteiger partial charge in [-0.2, -0.15) is 0 Å². The molecule has 1 heterocycles. The fourth-order valence-electron chi connectivity index (χ4n) is 10.0. The third-order valence-electron chi connectivity index (χ3n) is 13.3. The van der Waals surface area contributed by atoms with Crippen LogP contribution in [0.4, 0.5) is 0 Å². The molecule has 8 aromatic carbocycles. The molecule has 0 saturated carbocycles. The van der Waals surface area contributed by atoms with Gasteiger partial charge in [-0.15, -0.1) is 0 Å². The Morgan fingerprint density at radius 1 is 0.302 bits per heavy atom. The molecule has 1 aromatic heterocycles. The van der Waals surface area contributed by atoms with Gasteiger partial charge in [0.1, 0.15) is 0 Å². The van der Waals surface area contributed by atoms with Crippen LogP contribution in [0.2, 0.25) is 0 Å². The van der Waals surface area contributed by atoms with Crippen LogP contribution in [0.15, 0.2) is 188 Å². The predicted molar refractivity (Wildman–Crippen MR) is 261 cm³/mol. The lowest BCUT2D eigenvalue weighted by Gasteiger charge is -2.31. The first kappa shape index (κ1) is 38.7. The zero-order valence-electron chi connectivity index (χ0n) is 36.7. The van der Waals surface area contributed by atoms with E-state index in [4.69, 9.17) is 15.0 Å². The van der Waals surface area contributed by atoms with E-state index < -0.39 is 5.41 Å². The van der Waals surface area contributed by atoms with Crippen LogP contribution in [0.25, 0.3) is 78.7 Å². The number of hydrogen-bond donors (Lipinski definition) is 0. The second-order valence-electron chi connectivity index (χ2n) is 19.2. The Kier molecular flexibility index (Phi) is 8.86. The van der Waals surface area contributed by atoms with E-state index >= 15 is 0 Å². The van der Waals surface area contributed by atoms with Crippen LogP contribution in [0, 0.1) is 0 Å². The first-order chi connectivity index (χ1) is 30.5. The van der Waals surface area contributed by atoms with Crippen LogP contribution in [-0.2, 0) is 16.2 Å². The molecule has 11 rings (SSSR count). The van der Waals surface area contributed by atoms with Gasteiger partial charge < -0.3 is 0 Å². The van der Waals surface area contributed by atoms with Crippen molar-refractivity contribution in [3.63, 3.8) is 0 Å². The topological polar surface area (TPSA) is 38.7 Å². The van der Waals surface area contributed by atoms with Gasteiger partial charge >= 0.3 is 0 Å². The summed E-state index contributed by atoms with van der Waals surface area (Å²) >= 11 is 0. The van der Waals surface area contributed by atoms with Gasteiger partial charge in [-0.05, 0) is 107 Å². The van der Waals surface area contributed by atoms with E-state index in [-0.39, 0.29) is 10.8 Å². The quantitative estimate of drug-likeness (QED) is 0.174. The van der Waals surface area contributed by atoms with Crippen LogP contribution in [0.3, 0.4) is 0 Å². The van der Waals surface area contributed by atoms with E-state index in [0.29, 0.717) is 17.5 Å². The lowest BCUT2D eigenvalue weighted by Crippen LogP contribution is -2.26. The third kappa shape index (κ3) is 6.29. The highest BCUT2D eigenvalue weighted by molar-refractivity contribution is 6.01. The van der Waals surface area contributed by atoms with Crippen LogP contribution in [0.1, 0.15) is 74.9 Å². The highest BCUT2D eigenvalue weighted by atomic mass is 15.0. The van der Waals surface area contributed by atoms with E-state index in [9.17, 15) is 0 Å². The Hall–Kier alpha value is -7.23. The lowest BCUT2D eigenvalue weighted by atomic mass is 9.69. The zero-order valence-corrected chi connectivity index (χ0v) is 36.7. The van der Waals surface area contributed by atoms with Crippen LogP contribution < -0.4 is 0 Å². The summed E-state index contributed by atoms with van der Waals surface area (Å²) < 4.78 is 0. The number of nitrogens with zero attached hydrogens (tertiary/aromatic N) is 3. The standard InChI is InChI=1S/C60H49N3/c1-58(2,3)44-30-25-38(26-31-44)42-29-34-47-46-21-13-15-23-50(46)60(52(47)36-42)51-24-16-14-22-48(51)54-49(35-43(37-53(54)60)39-27-32-45(33-28-39)59(4,5)6)57-62-55(40-17-9-7-10-18-40)61-56(63-57)41-19-11-8-12-20-41/h7-37H,1-6H3.